The zero-order chi connectivity index (χ0) is 41.1. The summed E-state index contributed by atoms with van der Waals surface area (Å²) < 4.78 is 5.68. The van der Waals surface area contributed by atoms with Crippen LogP contribution in [0.5, 0.6) is 0 Å². The highest BCUT2D eigenvalue weighted by Gasteiger charge is 2.71. The van der Waals surface area contributed by atoms with E-state index in [4.69, 9.17) is 0 Å². The number of nitrogens with zero attached hydrogens (tertiary/aromatic N) is 5. The second-order valence-corrected chi connectivity index (χ2v) is 18.0. The van der Waals surface area contributed by atoms with Crippen LogP contribution in [-0.4, -0.2) is 17.4 Å². The summed E-state index contributed by atoms with van der Waals surface area (Å²) >= 11 is 0. The summed E-state index contributed by atoms with van der Waals surface area (Å²) in [6.07, 6.45) is 8.89. The minimum atomic E-state index is -0.296. The molecule has 1 spiro atoms. The number of aryl methyl sites for hydroxylation is 1. The lowest BCUT2D eigenvalue weighted by Gasteiger charge is -2.42. The molecule has 6 heteroatoms. The molecule has 7 heterocycles. The maximum absolute atomic E-state index is 3.82. The largest absolute Gasteiger partial charge is 0.384 e. The molecule has 0 saturated heterocycles. The highest BCUT2D eigenvalue weighted by atomic mass is 15.8. The zero-order valence-corrected chi connectivity index (χ0v) is 34.8. The predicted octanol–water partition coefficient (Wildman–Crippen LogP) is 13.4. The van der Waals surface area contributed by atoms with Crippen LogP contribution in [0.3, 0.4) is 0 Å². The predicted molar refractivity (Wildman–Crippen MR) is 257 cm³/mol. The Morgan fingerprint density at radius 1 is 0.603 bits per heavy atom. The molecule has 1 N–H and O–H groups in total. The molecule has 15 rings (SSSR count). The van der Waals surface area contributed by atoms with Gasteiger partial charge < -0.3 is 5.32 Å². The molecule has 5 aliphatic heterocycles. The SMILES string of the molecule is CC1CNc2cc3c(cc21)-c1cccc2c1[N+]1(c4c-3ccc3c5c(n(c43)-c3cccc[n+]31)C=CCC5)C1N2c2ccccc2N1c1c(-c2ccccc2)cccc1-c1ccccc1. The van der Waals surface area contributed by atoms with E-state index in [1.165, 1.54) is 118 Å². The van der Waals surface area contributed by atoms with Gasteiger partial charge in [0, 0.05) is 46.3 Å². The van der Waals surface area contributed by atoms with Gasteiger partial charge in [0.05, 0.1) is 28.2 Å². The highest BCUT2D eigenvalue weighted by Crippen LogP contribution is 2.68. The van der Waals surface area contributed by atoms with E-state index < -0.39 is 0 Å². The van der Waals surface area contributed by atoms with Crippen molar-refractivity contribution < 1.29 is 4.68 Å². The third-order valence-corrected chi connectivity index (χ3v) is 15.0. The van der Waals surface area contributed by atoms with Crippen molar-refractivity contribution in [1.82, 2.24) is 9.16 Å². The Balaban J connectivity index is 1.17. The summed E-state index contributed by atoms with van der Waals surface area (Å²) in [5.41, 5.74) is 24.1. The number of quaternary nitrogens is 1. The van der Waals surface area contributed by atoms with Crippen LogP contribution in [0.15, 0.2) is 176 Å². The molecule has 3 atom stereocenters. The van der Waals surface area contributed by atoms with Crippen molar-refractivity contribution in [3.8, 4) is 50.3 Å². The van der Waals surface area contributed by atoms with E-state index in [-0.39, 0.29) is 6.29 Å². The first-order valence-electron chi connectivity index (χ1n) is 22.5. The van der Waals surface area contributed by atoms with Crippen molar-refractivity contribution in [2.45, 2.75) is 32.0 Å². The van der Waals surface area contributed by atoms with Crippen molar-refractivity contribution in [3.63, 3.8) is 0 Å². The number of benzene rings is 7. The minimum absolute atomic E-state index is 0.296. The van der Waals surface area contributed by atoms with Crippen LogP contribution in [0, 0.1) is 0 Å². The number of nitrogens with one attached hydrogen (secondary N) is 1. The summed E-state index contributed by atoms with van der Waals surface area (Å²) in [6.45, 7) is 3.31. The van der Waals surface area contributed by atoms with Crippen molar-refractivity contribution in [2.24, 2.45) is 0 Å². The van der Waals surface area contributed by atoms with Gasteiger partial charge in [-0.2, -0.15) is 4.57 Å². The standard InChI is InChI=1S/C57H42N6/c1-35-34-58-47-33-46-43-30-29-41-40-20-8-9-24-48(40)61-52-28-12-13-31-59(52)63(56(43)54(41)61)55-42(45(46)32-44(35)47)23-15-27-51(55)60-49-25-10-11-26-50(49)62(57(60)63)53-38(36-16-4-2-5-17-36)21-14-22-39(53)37-18-6-3-7-19-37/h2-7,9-19,21-33,35,57-58H,8,20,34H2,1H3/q+2. The number of pyridine rings is 1. The van der Waals surface area contributed by atoms with Crippen LogP contribution >= 0.6 is 0 Å². The van der Waals surface area contributed by atoms with Crippen LogP contribution < -0.4 is 24.4 Å². The monoisotopic (exact) mass is 810 g/mol. The van der Waals surface area contributed by atoms with E-state index in [1.807, 2.05) is 0 Å². The molecule has 7 aromatic carbocycles. The van der Waals surface area contributed by atoms with E-state index in [0.717, 1.165) is 19.4 Å². The van der Waals surface area contributed by atoms with Gasteiger partial charge in [-0.05, 0) is 111 Å². The number of aromatic nitrogens is 2. The minimum Gasteiger partial charge on any atom is -0.384 e. The summed E-state index contributed by atoms with van der Waals surface area (Å²) in [6, 6.07) is 62.0. The average molecular weight is 811 g/mol. The van der Waals surface area contributed by atoms with Crippen LogP contribution in [0.4, 0.5) is 39.8 Å². The van der Waals surface area contributed by atoms with Crippen LogP contribution in [-0.2, 0) is 6.42 Å². The molecule has 0 radical (unpaired) electrons. The Kier molecular flexibility index (Phi) is 6.49. The Labute approximate surface area is 366 Å². The average Bonchev–Trinajstić information content (AvgIpc) is 4.06. The first-order valence-corrected chi connectivity index (χ1v) is 22.5. The number of rotatable bonds is 3. The summed E-state index contributed by atoms with van der Waals surface area (Å²) in [5, 5.41) is 5.17. The third-order valence-electron chi connectivity index (χ3n) is 15.0. The third kappa shape index (κ3) is 4.06. The molecule has 0 amide bonds. The second kappa shape index (κ2) is 12.0. The number of hydrogen-bond donors (Lipinski definition) is 1. The van der Waals surface area contributed by atoms with Gasteiger partial charge in [-0.25, -0.2) is 0 Å². The molecule has 6 aliphatic rings. The normalized spacial score (nSPS) is 19.7. The molecular formula is C57H42N6+2. The molecule has 1 aliphatic carbocycles. The topological polar surface area (TPSA) is 27.3 Å². The van der Waals surface area contributed by atoms with E-state index in [0.29, 0.717) is 10.5 Å². The van der Waals surface area contributed by atoms with Crippen LogP contribution in [0.2, 0.25) is 0 Å². The van der Waals surface area contributed by atoms with Crippen molar-refractivity contribution >= 4 is 56.8 Å². The first kappa shape index (κ1) is 34.0. The lowest BCUT2D eigenvalue weighted by Crippen LogP contribution is -2.78. The number of anilines is 5. The fourth-order valence-corrected chi connectivity index (χ4v) is 12.5. The van der Waals surface area contributed by atoms with Gasteiger partial charge in [0.1, 0.15) is 11.4 Å². The van der Waals surface area contributed by atoms with Crippen molar-refractivity contribution in [1.29, 1.82) is 0 Å². The number of hydrogen-bond acceptors (Lipinski definition) is 3. The van der Waals surface area contributed by atoms with Crippen molar-refractivity contribution in [2.75, 3.05) is 21.7 Å². The van der Waals surface area contributed by atoms with E-state index in [1.54, 1.807) is 0 Å². The van der Waals surface area contributed by atoms with Gasteiger partial charge in [-0.1, -0.05) is 116 Å². The van der Waals surface area contributed by atoms with Crippen LogP contribution in [0.25, 0.3) is 67.3 Å². The van der Waals surface area contributed by atoms with Gasteiger partial charge in [0.15, 0.2) is 6.20 Å². The smallest absolute Gasteiger partial charge is 0.338 e. The van der Waals surface area contributed by atoms with Gasteiger partial charge in [-0.3, -0.25) is 9.80 Å². The fourth-order valence-electron chi connectivity index (χ4n) is 12.5. The molecule has 0 bridgehead atoms. The summed E-state index contributed by atoms with van der Waals surface area (Å²) in [7, 11) is 0. The molecule has 0 fully saturated rings. The van der Waals surface area contributed by atoms with E-state index >= 15 is 0 Å². The molecule has 2 aromatic heterocycles. The molecular weight excluding hydrogens is 769 g/mol. The number of fused-ring (bicyclic) bond motifs is 13. The second-order valence-electron chi connectivity index (χ2n) is 18.0. The molecule has 0 saturated carbocycles. The van der Waals surface area contributed by atoms with Gasteiger partial charge >= 0.3 is 12.1 Å². The summed E-state index contributed by atoms with van der Waals surface area (Å²) in [5.74, 6) is 1.59. The molecule has 3 unspecified atom stereocenters. The van der Waals surface area contributed by atoms with Gasteiger partial charge in [0.2, 0.25) is 16.9 Å². The molecule has 6 nitrogen and oxygen atoms in total. The fraction of sp³-hybridized carbons (Fsp3) is 0.105. The zero-order valence-electron chi connectivity index (χ0n) is 34.8. The van der Waals surface area contributed by atoms with Crippen LogP contribution in [0.1, 0.15) is 36.1 Å². The molecule has 298 valence electrons. The Morgan fingerprint density at radius 2 is 1.27 bits per heavy atom. The number of para-hydroxylation sites is 4. The number of allylic oxidation sites excluding steroid dienone is 1. The Morgan fingerprint density at radius 3 is 2.06 bits per heavy atom. The lowest BCUT2D eigenvalue weighted by molar-refractivity contribution is -0.794. The van der Waals surface area contributed by atoms with Crippen molar-refractivity contribution in [3.05, 3.63) is 193 Å². The highest BCUT2D eigenvalue weighted by molar-refractivity contribution is 6.15. The van der Waals surface area contributed by atoms with E-state index in [2.05, 4.69) is 213 Å². The first-order chi connectivity index (χ1) is 31.2. The van der Waals surface area contributed by atoms with Gasteiger partial charge in [0.25, 0.3) is 0 Å². The van der Waals surface area contributed by atoms with E-state index in [9.17, 15) is 0 Å². The molecule has 63 heavy (non-hydrogen) atoms. The van der Waals surface area contributed by atoms with Gasteiger partial charge in [-0.15, -0.1) is 0 Å². The summed E-state index contributed by atoms with van der Waals surface area (Å²) in [4.78, 5) is 5.42. The maximum Gasteiger partial charge on any atom is 0.338 e. The Hall–Kier alpha value is -7.67. The molecule has 9 aromatic rings. The Bertz CT molecular complexity index is 3450. The maximum atomic E-state index is 3.82. The lowest BCUT2D eigenvalue weighted by atomic mass is 9.89. The quantitative estimate of drug-likeness (QED) is 0.142.